The summed E-state index contributed by atoms with van der Waals surface area (Å²) in [6.45, 7) is 3.93. The highest BCUT2D eigenvalue weighted by atomic mass is 32.2. The number of amides is 3. The van der Waals surface area contributed by atoms with Crippen LogP contribution in [0.1, 0.15) is 20.3 Å². The van der Waals surface area contributed by atoms with Crippen molar-refractivity contribution in [3.8, 4) is 0 Å². The zero-order valence-corrected chi connectivity index (χ0v) is 13.1. The van der Waals surface area contributed by atoms with Gasteiger partial charge in [-0.3, -0.25) is 4.79 Å². The predicted octanol–water partition coefficient (Wildman–Crippen LogP) is 0.359. The largest absolute Gasteiger partial charge is 0.480 e. The van der Waals surface area contributed by atoms with Crippen LogP contribution in [-0.4, -0.2) is 65.6 Å². The Hall–Kier alpha value is -1.44. The molecule has 0 heterocycles. The van der Waals surface area contributed by atoms with Gasteiger partial charge >= 0.3 is 12.0 Å². The molecule has 116 valence electrons. The monoisotopic (exact) mass is 305 g/mol. The molecule has 0 rings (SSSR count). The Morgan fingerprint density at radius 3 is 2.35 bits per heavy atom. The summed E-state index contributed by atoms with van der Waals surface area (Å²) in [6, 6.07) is -2.30. The molecule has 0 aromatic heterocycles. The molecular weight excluding hydrogens is 282 g/mol. The average molecular weight is 305 g/mol. The van der Waals surface area contributed by atoms with Crippen LogP contribution in [0.4, 0.5) is 4.79 Å². The van der Waals surface area contributed by atoms with E-state index in [0.29, 0.717) is 18.7 Å². The molecule has 2 atom stereocenters. The van der Waals surface area contributed by atoms with E-state index in [-0.39, 0.29) is 5.91 Å². The number of carbonyl (C=O) groups excluding carboxylic acids is 2. The Morgan fingerprint density at radius 2 is 1.90 bits per heavy atom. The van der Waals surface area contributed by atoms with Crippen LogP contribution in [0.5, 0.6) is 0 Å². The van der Waals surface area contributed by atoms with E-state index in [4.69, 9.17) is 5.11 Å². The first-order valence-corrected chi connectivity index (χ1v) is 7.76. The van der Waals surface area contributed by atoms with Crippen molar-refractivity contribution in [3.63, 3.8) is 0 Å². The number of likely N-dealkylation sites (N-methyl/N-ethyl adjacent to an activating group) is 1. The standard InChI is InChI=1S/C12H23N3O4S/c1-5-15(3)10(16)8(2)13-12(19)14-9(11(17)18)6-7-20-4/h8-9H,5-7H2,1-4H3,(H,17,18)(H2,13,14,19)/t8?,9-/m1/s1. The summed E-state index contributed by atoms with van der Waals surface area (Å²) >= 11 is 1.50. The first-order chi connectivity index (χ1) is 9.33. The fourth-order valence-electron chi connectivity index (χ4n) is 1.44. The molecule has 0 saturated carbocycles. The third-order valence-electron chi connectivity index (χ3n) is 2.78. The molecular formula is C12H23N3O4S. The third-order valence-corrected chi connectivity index (χ3v) is 3.43. The summed E-state index contributed by atoms with van der Waals surface area (Å²) in [5, 5.41) is 13.8. The minimum Gasteiger partial charge on any atom is -0.480 e. The smallest absolute Gasteiger partial charge is 0.326 e. The van der Waals surface area contributed by atoms with Crippen LogP contribution in [0.25, 0.3) is 0 Å². The number of hydrogen-bond acceptors (Lipinski definition) is 4. The average Bonchev–Trinajstić information content (AvgIpc) is 2.41. The van der Waals surface area contributed by atoms with Gasteiger partial charge in [-0.15, -0.1) is 0 Å². The topological polar surface area (TPSA) is 98.7 Å². The maximum atomic E-state index is 11.8. The lowest BCUT2D eigenvalue weighted by Gasteiger charge is -2.22. The molecule has 0 bridgehead atoms. The number of nitrogens with one attached hydrogen (secondary N) is 2. The molecule has 1 unspecified atom stereocenters. The van der Waals surface area contributed by atoms with E-state index in [1.165, 1.54) is 16.7 Å². The second-order valence-corrected chi connectivity index (χ2v) is 5.35. The Bertz CT molecular complexity index is 352. The molecule has 0 saturated heterocycles. The number of urea groups is 1. The summed E-state index contributed by atoms with van der Waals surface area (Å²) in [7, 11) is 1.64. The fraction of sp³-hybridized carbons (Fsp3) is 0.750. The van der Waals surface area contributed by atoms with Crippen molar-refractivity contribution in [2.45, 2.75) is 32.4 Å². The number of carboxylic acid groups (broad SMARTS) is 1. The molecule has 8 heteroatoms. The third kappa shape index (κ3) is 6.65. The van der Waals surface area contributed by atoms with E-state index >= 15 is 0 Å². The number of nitrogens with zero attached hydrogens (tertiary/aromatic N) is 1. The molecule has 7 nitrogen and oxygen atoms in total. The number of hydrogen-bond donors (Lipinski definition) is 3. The Balaban J connectivity index is 4.38. The van der Waals surface area contributed by atoms with Gasteiger partial charge in [-0.25, -0.2) is 9.59 Å². The van der Waals surface area contributed by atoms with E-state index in [1.807, 2.05) is 13.2 Å². The molecule has 0 aromatic rings. The molecule has 0 aromatic carbocycles. The highest BCUT2D eigenvalue weighted by Crippen LogP contribution is 2.01. The van der Waals surface area contributed by atoms with Gasteiger partial charge < -0.3 is 20.6 Å². The van der Waals surface area contributed by atoms with Crippen molar-refractivity contribution < 1.29 is 19.5 Å². The number of rotatable bonds is 8. The molecule has 20 heavy (non-hydrogen) atoms. The first kappa shape index (κ1) is 18.6. The van der Waals surface area contributed by atoms with Gasteiger partial charge in [-0.2, -0.15) is 11.8 Å². The van der Waals surface area contributed by atoms with E-state index in [0.717, 1.165) is 0 Å². The summed E-state index contributed by atoms with van der Waals surface area (Å²) in [6.07, 6.45) is 2.20. The lowest BCUT2D eigenvalue weighted by atomic mass is 10.2. The van der Waals surface area contributed by atoms with Crippen LogP contribution in [0.2, 0.25) is 0 Å². The quantitative estimate of drug-likeness (QED) is 0.601. The molecule has 3 amide bonds. The van der Waals surface area contributed by atoms with Crippen molar-refractivity contribution in [1.82, 2.24) is 15.5 Å². The minimum absolute atomic E-state index is 0.223. The number of aliphatic carboxylic acids is 1. The SMILES string of the molecule is CCN(C)C(=O)C(C)NC(=O)N[C@H](CCSC)C(=O)O. The Kier molecular flexibility index (Phi) is 8.78. The summed E-state index contributed by atoms with van der Waals surface area (Å²) in [4.78, 5) is 35.9. The highest BCUT2D eigenvalue weighted by molar-refractivity contribution is 7.98. The number of carbonyl (C=O) groups is 3. The van der Waals surface area contributed by atoms with Gasteiger partial charge in [0.2, 0.25) is 5.91 Å². The fourth-order valence-corrected chi connectivity index (χ4v) is 1.91. The predicted molar refractivity (Wildman–Crippen MR) is 78.9 cm³/mol. The van der Waals surface area contributed by atoms with Gasteiger partial charge in [0.25, 0.3) is 0 Å². The number of thioether (sulfide) groups is 1. The minimum atomic E-state index is -1.08. The van der Waals surface area contributed by atoms with Gasteiger partial charge in [0.1, 0.15) is 12.1 Å². The van der Waals surface area contributed by atoms with Crippen LogP contribution in [0.3, 0.4) is 0 Å². The van der Waals surface area contributed by atoms with E-state index in [9.17, 15) is 14.4 Å². The zero-order chi connectivity index (χ0) is 15.7. The molecule has 3 N–H and O–H groups in total. The van der Waals surface area contributed by atoms with Crippen LogP contribution < -0.4 is 10.6 Å². The summed E-state index contributed by atoms with van der Waals surface area (Å²) in [5.41, 5.74) is 0. The maximum Gasteiger partial charge on any atom is 0.326 e. The second kappa shape index (κ2) is 9.46. The van der Waals surface area contributed by atoms with Gasteiger partial charge in [-0.05, 0) is 32.3 Å². The van der Waals surface area contributed by atoms with Gasteiger partial charge in [0.15, 0.2) is 0 Å². The Morgan fingerprint density at radius 1 is 1.30 bits per heavy atom. The van der Waals surface area contributed by atoms with Crippen LogP contribution in [-0.2, 0) is 9.59 Å². The first-order valence-electron chi connectivity index (χ1n) is 6.37. The van der Waals surface area contributed by atoms with Crippen molar-refractivity contribution >= 4 is 29.7 Å². The molecule has 0 aliphatic rings. The van der Waals surface area contributed by atoms with Crippen molar-refractivity contribution in [3.05, 3.63) is 0 Å². The molecule has 0 spiro atoms. The lowest BCUT2D eigenvalue weighted by Crippen LogP contribution is -2.52. The van der Waals surface area contributed by atoms with Crippen molar-refractivity contribution in [2.75, 3.05) is 25.6 Å². The van der Waals surface area contributed by atoms with Crippen molar-refractivity contribution in [2.24, 2.45) is 0 Å². The molecule has 0 radical (unpaired) electrons. The van der Waals surface area contributed by atoms with Gasteiger partial charge in [0, 0.05) is 13.6 Å². The zero-order valence-electron chi connectivity index (χ0n) is 12.3. The lowest BCUT2D eigenvalue weighted by molar-refractivity contribution is -0.139. The van der Waals surface area contributed by atoms with Crippen LogP contribution in [0, 0.1) is 0 Å². The van der Waals surface area contributed by atoms with Gasteiger partial charge in [-0.1, -0.05) is 0 Å². The normalized spacial score (nSPS) is 13.2. The molecule has 0 aliphatic carbocycles. The maximum absolute atomic E-state index is 11.8. The van der Waals surface area contributed by atoms with E-state index in [2.05, 4.69) is 10.6 Å². The van der Waals surface area contributed by atoms with Gasteiger partial charge in [0.05, 0.1) is 0 Å². The van der Waals surface area contributed by atoms with Crippen LogP contribution >= 0.6 is 11.8 Å². The Labute approximate surface area is 123 Å². The van der Waals surface area contributed by atoms with E-state index in [1.54, 1.807) is 14.0 Å². The van der Waals surface area contributed by atoms with E-state index < -0.39 is 24.1 Å². The molecule has 0 fully saturated rings. The second-order valence-electron chi connectivity index (χ2n) is 4.36. The van der Waals surface area contributed by atoms with Crippen molar-refractivity contribution in [1.29, 1.82) is 0 Å². The molecule has 0 aliphatic heterocycles. The summed E-state index contributed by atoms with van der Waals surface area (Å²) in [5.74, 6) is -0.679. The summed E-state index contributed by atoms with van der Waals surface area (Å²) < 4.78 is 0. The number of carboxylic acids is 1. The highest BCUT2D eigenvalue weighted by Gasteiger charge is 2.22. The van der Waals surface area contributed by atoms with Crippen LogP contribution in [0.15, 0.2) is 0 Å².